The van der Waals surface area contributed by atoms with E-state index in [1.165, 1.54) is 0 Å². The Morgan fingerprint density at radius 2 is 2.05 bits per heavy atom. The van der Waals surface area contributed by atoms with Crippen molar-refractivity contribution >= 4 is 11.4 Å². The van der Waals surface area contributed by atoms with Gasteiger partial charge in [-0.15, -0.1) is 0 Å². The lowest BCUT2D eigenvalue weighted by atomic mass is 10.1. The summed E-state index contributed by atoms with van der Waals surface area (Å²) < 4.78 is 10.8. The standard InChI is InChI=1S/C15H26N2O2/c1-5-12(3)17(9-10-18-4)13-7-8-14(16)15(11-13)19-6-2/h7-8,11-12H,5-6,9-10,16H2,1-4H3. The first-order valence-electron chi connectivity index (χ1n) is 6.91. The second-order valence-electron chi connectivity index (χ2n) is 4.60. The first kappa shape index (κ1) is 15.6. The van der Waals surface area contributed by atoms with Crippen LogP contribution in [0, 0.1) is 0 Å². The van der Waals surface area contributed by atoms with Gasteiger partial charge in [-0.1, -0.05) is 6.92 Å². The predicted molar refractivity (Wildman–Crippen MR) is 81.0 cm³/mol. The Morgan fingerprint density at radius 1 is 1.32 bits per heavy atom. The summed E-state index contributed by atoms with van der Waals surface area (Å²) in [6.07, 6.45) is 1.08. The van der Waals surface area contributed by atoms with Gasteiger partial charge in [-0.2, -0.15) is 0 Å². The lowest BCUT2D eigenvalue weighted by Gasteiger charge is -2.31. The monoisotopic (exact) mass is 266 g/mol. The average molecular weight is 266 g/mol. The fraction of sp³-hybridized carbons (Fsp3) is 0.600. The minimum absolute atomic E-state index is 0.452. The van der Waals surface area contributed by atoms with E-state index in [1.807, 2.05) is 25.1 Å². The van der Waals surface area contributed by atoms with Crippen LogP contribution in [0.2, 0.25) is 0 Å². The van der Waals surface area contributed by atoms with Gasteiger partial charge in [0.25, 0.3) is 0 Å². The number of methoxy groups -OCH3 is 1. The summed E-state index contributed by atoms with van der Waals surface area (Å²) >= 11 is 0. The Bertz CT molecular complexity index is 382. The molecule has 0 spiro atoms. The highest BCUT2D eigenvalue weighted by Gasteiger charge is 2.14. The molecule has 1 unspecified atom stereocenters. The highest BCUT2D eigenvalue weighted by atomic mass is 16.5. The number of nitrogen functional groups attached to an aromatic ring is 1. The van der Waals surface area contributed by atoms with E-state index in [2.05, 4.69) is 18.7 Å². The average Bonchev–Trinajstić information content (AvgIpc) is 2.42. The molecule has 108 valence electrons. The molecule has 1 atom stereocenters. The van der Waals surface area contributed by atoms with Crippen LogP contribution in [-0.2, 0) is 4.74 Å². The summed E-state index contributed by atoms with van der Waals surface area (Å²) in [5.74, 6) is 0.755. The van der Waals surface area contributed by atoms with Gasteiger partial charge in [0.05, 0.1) is 18.9 Å². The Labute approximate surface area is 116 Å². The zero-order chi connectivity index (χ0) is 14.3. The number of rotatable bonds is 8. The zero-order valence-electron chi connectivity index (χ0n) is 12.5. The third kappa shape index (κ3) is 4.31. The number of hydrogen-bond donors (Lipinski definition) is 1. The molecule has 1 rings (SSSR count). The first-order chi connectivity index (χ1) is 9.13. The number of nitrogens with zero attached hydrogens (tertiary/aromatic N) is 1. The largest absolute Gasteiger partial charge is 0.492 e. The van der Waals surface area contributed by atoms with Crippen LogP contribution in [0.4, 0.5) is 11.4 Å². The number of nitrogens with two attached hydrogens (primary N) is 1. The summed E-state index contributed by atoms with van der Waals surface area (Å²) in [5, 5.41) is 0. The Hall–Kier alpha value is -1.42. The molecular weight excluding hydrogens is 240 g/mol. The Morgan fingerprint density at radius 3 is 2.63 bits per heavy atom. The van der Waals surface area contributed by atoms with Gasteiger partial charge >= 0.3 is 0 Å². The second-order valence-corrected chi connectivity index (χ2v) is 4.60. The van der Waals surface area contributed by atoms with Crippen LogP contribution < -0.4 is 15.4 Å². The highest BCUT2D eigenvalue weighted by Crippen LogP contribution is 2.29. The smallest absolute Gasteiger partial charge is 0.144 e. The van der Waals surface area contributed by atoms with E-state index in [-0.39, 0.29) is 0 Å². The number of anilines is 2. The molecule has 19 heavy (non-hydrogen) atoms. The molecule has 0 aliphatic carbocycles. The van der Waals surface area contributed by atoms with E-state index in [9.17, 15) is 0 Å². The minimum Gasteiger partial charge on any atom is -0.492 e. The lowest BCUT2D eigenvalue weighted by Crippen LogP contribution is -2.35. The van der Waals surface area contributed by atoms with Gasteiger partial charge in [0.15, 0.2) is 0 Å². The van der Waals surface area contributed by atoms with Crippen molar-refractivity contribution in [3.05, 3.63) is 18.2 Å². The molecule has 0 heterocycles. The van der Waals surface area contributed by atoms with Crippen molar-refractivity contribution in [3.63, 3.8) is 0 Å². The molecule has 0 aliphatic heterocycles. The molecular formula is C15H26N2O2. The maximum Gasteiger partial charge on any atom is 0.144 e. The van der Waals surface area contributed by atoms with Crippen molar-refractivity contribution in [1.82, 2.24) is 0 Å². The van der Waals surface area contributed by atoms with Crippen molar-refractivity contribution in [1.29, 1.82) is 0 Å². The molecule has 0 amide bonds. The van der Waals surface area contributed by atoms with Gasteiger partial charge < -0.3 is 20.1 Å². The van der Waals surface area contributed by atoms with E-state index in [4.69, 9.17) is 15.2 Å². The van der Waals surface area contributed by atoms with E-state index in [0.717, 1.165) is 24.4 Å². The molecule has 1 aromatic rings. The molecule has 0 aromatic heterocycles. The minimum atomic E-state index is 0.452. The zero-order valence-corrected chi connectivity index (χ0v) is 12.5. The lowest BCUT2D eigenvalue weighted by molar-refractivity contribution is 0.203. The van der Waals surface area contributed by atoms with Gasteiger partial charge in [0.2, 0.25) is 0 Å². The van der Waals surface area contributed by atoms with Gasteiger partial charge in [-0.3, -0.25) is 0 Å². The number of ether oxygens (including phenoxy) is 2. The van der Waals surface area contributed by atoms with E-state index >= 15 is 0 Å². The van der Waals surface area contributed by atoms with Crippen molar-refractivity contribution in [2.75, 3.05) is 37.5 Å². The second kappa shape index (κ2) is 7.89. The summed E-state index contributed by atoms with van der Waals surface area (Å²) in [6, 6.07) is 6.41. The van der Waals surface area contributed by atoms with Crippen LogP contribution in [0.1, 0.15) is 27.2 Å². The van der Waals surface area contributed by atoms with Crippen LogP contribution in [0.25, 0.3) is 0 Å². The molecule has 0 saturated carbocycles. The van der Waals surface area contributed by atoms with Gasteiger partial charge in [0.1, 0.15) is 5.75 Å². The Balaban J connectivity index is 2.97. The number of benzene rings is 1. The van der Waals surface area contributed by atoms with Crippen LogP contribution in [0.15, 0.2) is 18.2 Å². The Kier molecular flexibility index (Phi) is 6.50. The maximum atomic E-state index is 5.92. The molecule has 0 aliphatic rings. The quantitative estimate of drug-likeness (QED) is 0.735. The van der Waals surface area contributed by atoms with Crippen molar-refractivity contribution in [2.24, 2.45) is 0 Å². The molecule has 0 bridgehead atoms. The number of hydrogen-bond acceptors (Lipinski definition) is 4. The van der Waals surface area contributed by atoms with Crippen LogP contribution >= 0.6 is 0 Å². The third-order valence-corrected chi connectivity index (χ3v) is 3.29. The molecule has 0 saturated heterocycles. The van der Waals surface area contributed by atoms with Crippen molar-refractivity contribution < 1.29 is 9.47 Å². The predicted octanol–water partition coefficient (Wildman–Crippen LogP) is 2.92. The van der Waals surface area contributed by atoms with Crippen LogP contribution in [0.3, 0.4) is 0 Å². The third-order valence-electron chi connectivity index (χ3n) is 3.29. The van der Waals surface area contributed by atoms with Crippen molar-refractivity contribution in [2.45, 2.75) is 33.2 Å². The van der Waals surface area contributed by atoms with Gasteiger partial charge in [0, 0.05) is 31.5 Å². The molecule has 2 N–H and O–H groups in total. The normalized spacial score (nSPS) is 12.2. The molecule has 4 heteroatoms. The van der Waals surface area contributed by atoms with E-state index < -0.39 is 0 Å². The topological polar surface area (TPSA) is 47.7 Å². The van der Waals surface area contributed by atoms with Gasteiger partial charge in [-0.25, -0.2) is 0 Å². The SMILES string of the molecule is CCOc1cc(N(CCOC)C(C)CC)ccc1N. The fourth-order valence-electron chi connectivity index (χ4n) is 2.00. The van der Waals surface area contributed by atoms with Crippen LogP contribution in [-0.4, -0.2) is 32.9 Å². The highest BCUT2D eigenvalue weighted by molar-refractivity contribution is 5.62. The van der Waals surface area contributed by atoms with E-state index in [0.29, 0.717) is 24.9 Å². The summed E-state index contributed by atoms with van der Waals surface area (Å²) in [4.78, 5) is 2.32. The molecule has 4 nitrogen and oxygen atoms in total. The van der Waals surface area contributed by atoms with Gasteiger partial charge in [-0.05, 0) is 32.4 Å². The summed E-state index contributed by atoms with van der Waals surface area (Å²) in [5.41, 5.74) is 7.73. The summed E-state index contributed by atoms with van der Waals surface area (Å²) in [6.45, 7) is 8.55. The van der Waals surface area contributed by atoms with E-state index in [1.54, 1.807) is 7.11 Å². The molecule has 0 radical (unpaired) electrons. The summed E-state index contributed by atoms with van der Waals surface area (Å²) in [7, 11) is 1.73. The molecule has 0 fully saturated rings. The maximum absolute atomic E-state index is 5.92. The first-order valence-corrected chi connectivity index (χ1v) is 6.91. The molecule has 1 aromatic carbocycles. The fourth-order valence-corrected chi connectivity index (χ4v) is 2.00. The van der Waals surface area contributed by atoms with Crippen molar-refractivity contribution in [3.8, 4) is 5.75 Å². The van der Waals surface area contributed by atoms with Crippen LogP contribution in [0.5, 0.6) is 5.75 Å².